The topological polar surface area (TPSA) is 60.2 Å². The van der Waals surface area contributed by atoms with Gasteiger partial charge in [-0.05, 0) is 25.1 Å². The number of hydrogen-bond acceptors (Lipinski definition) is 4. The van der Waals surface area contributed by atoms with Crippen LogP contribution in [0, 0.1) is 12.7 Å². The van der Waals surface area contributed by atoms with Crippen molar-refractivity contribution in [2.24, 2.45) is 0 Å². The van der Waals surface area contributed by atoms with Crippen molar-refractivity contribution < 1.29 is 13.9 Å². The lowest BCUT2D eigenvalue weighted by atomic mass is 10.3. The maximum absolute atomic E-state index is 12.9. The van der Waals surface area contributed by atoms with Gasteiger partial charge in [0.25, 0.3) is 0 Å². The van der Waals surface area contributed by atoms with E-state index in [0.29, 0.717) is 25.4 Å². The molecule has 122 valence electrons. The van der Waals surface area contributed by atoms with Gasteiger partial charge in [0.2, 0.25) is 5.91 Å². The molecule has 1 aliphatic heterocycles. The smallest absolute Gasteiger partial charge is 0.226 e. The fourth-order valence-corrected chi connectivity index (χ4v) is 2.74. The molecule has 8 heteroatoms. The Morgan fingerprint density at radius 3 is 3.00 bits per heavy atom. The third-order valence-corrected chi connectivity index (χ3v) is 4.05. The Kier molecular flexibility index (Phi) is 4.47. The van der Waals surface area contributed by atoms with E-state index in [-0.39, 0.29) is 24.0 Å². The van der Waals surface area contributed by atoms with Crippen LogP contribution < -0.4 is 4.74 Å². The summed E-state index contributed by atoms with van der Waals surface area (Å²) in [6, 6.07) is 3.90. The summed E-state index contributed by atoms with van der Waals surface area (Å²) in [5.74, 6) is 1.59. The number of carbonyl (C=O) groups excluding carboxylic acids is 1. The van der Waals surface area contributed by atoms with Gasteiger partial charge >= 0.3 is 0 Å². The Labute approximate surface area is 137 Å². The number of aryl methyl sites for hydroxylation is 1. The maximum Gasteiger partial charge on any atom is 0.226 e. The number of nitrogens with zero attached hydrogens (tertiary/aromatic N) is 4. The van der Waals surface area contributed by atoms with Crippen molar-refractivity contribution in [3.63, 3.8) is 0 Å². The minimum Gasteiger partial charge on any atom is -0.491 e. The summed E-state index contributed by atoms with van der Waals surface area (Å²) in [6.07, 6.45) is 0.223. The third-order valence-electron chi connectivity index (χ3n) is 3.76. The van der Waals surface area contributed by atoms with E-state index in [0.717, 1.165) is 11.6 Å². The van der Waals surface area contributed by atoms with Crippen molar-refractivity contribution in [2.75, 3.05) is 13.2 Å². The van der Waals surface area contributed by atoms with E-state index in [1.807, 2.05) is 11.5 Å². The summed E-state index contributed by atoms with van der Waals surface area (Å²) in [5.41, 5.74) is 0. The second-order valence-corrected chi connectivity index (χ2v) is 5.71. The van der Waals surface area contributed by atoms with Crippen LogP contribution in [0.4, 0.5) is 4.39 Å². The molecule has 2 heterocycles. The molecule has 0 spiro atoms. The van der Waals surface area contributed by atoms with Crippen molar-refractivity contribution in [1.29, 1.82) is 0 Å². The number of benzene rings is 1. The Morgan fingerprint density at radius 1 is 1.39 bits per heavy atom. The van der Waals surface area contributed by atoms with Crippen LogP contribution >= 0.6 is 11.6 Å². The van der Waals surface area contributed by atoms with Gasteiger partial charge in [0.1, 0.15) is 17.4 Å². The van der Waals surface area contributed by atoms with Gasteiger partial charge in [-0.2, -0.15) is 0 Å². The van der Waals surface area contributed by atoms with Crippen LogP contribution in [0.5, 0.6) is 5.75 Å². The highest BCUT2D eigenvalue weighted by molar-refractivity contribution is 6.32. The molecule has 0 fully saturated rings. The normalized spacial score (nSPS) is 13.8. The second kappa shape index (κ2) is 6.54. The highest BCUT2D eigenvalue weighted by Gasteiger charge is 2.23. The number of rotatable bonds is 4. The van der Waals surface area contributed by atoms with Gasteiger partial charge < -0.3 is 14.2 Å². The average Bonchev–Trinajstić information content (AvgIpc) is 2.90. The van der Waals surface area contributed by atoms with Gasteiger partial charge in [-0.3, -0.25) is 4.79 Å². The number of amides is 1. The highest BCUT2D eigenvalue weighted by Crippen LogP contribution is 2.25. The molecule has 0 N–H and O–H groups in total. The van der Waals surface area contributed by atoms with Crippen LogP contribution in [-0.4, -0.2) is 38.7 Å². The van der Waals surface area contributed by atoms with Gasteiger partial charge in [0.15, 0.2) is 5.82 Å². The summed E-state index contributed by atoms with van der Waals surface area (Å²) in [4.78, 5) is 14.0. The number of fused-ring (bicyclic) bond motifs is 1. The minimum atomic E-state index is -0.425. The minimum absolute atomic E-state index is 0.0184. The van der Waals surface area contributed by atoms with E-state index >= 15 is 0 Å². The zero-order chi connectivity index (χ0) is 16.4. The zero-order valence-corrected chi connectivity index (χ0v) is 13.4. The van der Waals surface area contributed by atoms with E-state index in [1.165, 1.54) is 18.2 Å². The molecule has 0 bridgehead atoms. The summed E-state index contributed by atoms with van der Waals surface area (Å²) in [5, 5.41) is 8.28. The lowest BCUT2D eigenvalue weighted by molar-refractivity contribution is -0.133. The van der Waals surface area contributed by atoms with Gasteiger partial charge in [-0.25, -0.2) is 4.39 Å². The fourth-order valence-electron chi connectivity index (χ4n) is 2.51. The number of carbonyl (C=O) groups is 1. The maximum atomic E-state index is 12.9. The molecule has 3 rings (SSSR count). The van der Waals surface area contributed by atoms with Crippen molar-refractivity contribution in [2.45, 2.75) is 26.4 Å². The number of hydrogen-bond donors (Lipinski definition) is 0. The van der Waals surface area contributed by atoms with Crippen molar-refractivity contribution in [3.8, 4) is 5.75 Å². The van der Waals surface area contributed by atoms with Crippen molar-refractivity contribution >= 4 is 17.5 Å². The third kappa shape index (κ3) is 3.44. The average molecular weight is 339 g/mol. The summed E-state index contributed by atoms with van der Waals surface area (Å²) in [7, 11) is 0. The first-order valence-corrected chi connectivity index (χ1v) is 7.66. The van der Waals surface area contributed by atoms with E-state index in [9.17, 15) is 9.18 Å². The summed E-state index contributed by atoms with van der Waals surface area (Å²) in [6.45, 7) is 3.87. The molecule has 1 aliphatic rings. The molecular weight excluding hydrogens is 323 g/mol. The van der Waals surface area contributed by atoms with Gasteiger partial charge in [-0.15, -0.1) is 10.2 Å². The molecule has 23 heavy (non-hydrogen) atoms. The Balaban J connectivity index is 1.52. The quantitative estimate of drug-likeness (QED) is 0.857. The van der Waals surface area contributed by atoms with E-state index < -0.39 is 5.82 Å². The molecule has 1 aromatic heterocycles. The van der Waals surface area contributed by atoms with Crippen LogP contribution in [0.25, 0.3) is 0 Å². The Morgan fingerprint density at radius 2 is 2.22 bits per heavy atom. The zero-order valence-electron chi connectivity index (χ0n) is 12.6. The molecule has 2 aromatic rings. The van der Waals surface area contributed by atoms with Crippen LogP contribution in [0.1, 0.15) is 18.1 Å². The predicted molar refractivity (Wildman–Crippen MR) is 81.7 cm³/mol. The molecule has 1 aromatic carbocycles. The Hall–Kier alpha value is -2.15. The van der Waals surface area contributed by atoms with Gasteiger partial charge in [-0.1, -0.05) is 11.6 Å². The molecular formula is C15H16ClFN4O2. The molecule has 0 radical (unpaired) electrons. The SMILES string of the molecule is Cc1nnc2n1CCN(C(=O)CCOc1ccc(F)cc1Cl)C2. The first-order valence-electron chi connectivity index (χ1n) is 7.29. The molecule has 6 nitrogen and oxygen atoms in total. The van der Waals surface area contributed by atoms with Gasteiger partial charge in [0, 0.05) is 13.1 Å². The molecule has 1 amide bonds. The monoisotopic (exact) mass is 338 g/mol. The second-order valence-electron chi connectivity index (χ2n) is 5.30. The largest absolute Gasteiger partial charge is 0.491 e. The molecule has 0 atom stereocenters. The number of halogens is 2. The molecule has 0 saturated heterocycles. The lowest BCUT2D eigenvalue weighted by Gasteiger charge is -2.27. The van der Waals surface area contributed by atoms with E-state index in [1.54, 1.807) is 4.90 Å². The van der Waals surface area contributed by atoms with Crippen molar-refractivity contribution in [1.82, 2.24) is 19.7 Å². The Bertz CT molecular complexity index is 734. The van der Waals surface area contributed by atoms with E-state index in [2.05, 4.69) is 10.2 Å². The van der Waals surface area contributed by atoms with Crippen molar-refractivity contribution in [3.05, 3.63) is 40.7 Å². The van der Waals surface area contributed by atoms with E-state index in [4.69, 9.17) is 16.3 Å². The lowest BCUT2D eigenvalue weighted by Crippen LogP contribution is -2.39. The highest BCUT2D eigenvalue weighted by atomic mass is 35.5. The molecule has 0 saturated carbocycles. The van der Waals surface area contributed by atoms with Crippen LogP contribution in [-0.2, 0) is 17.9 Å². The van der Waals surface area contributed by atoms with Crippen LogP contribution in [0.15, 0.2) is 18.2 Å². The summed E-state index contributed by atoms with van der Waals surface area (Å²) < 4.78 is 20.4. The first kappa shape index (κ1) is 15.7. The molecule has 0 unspecified atom stereocenters. The number of aromatic nitrogens is 3. The van der Waals surface area contributed by atoms with Gasteiger partial charge in [0.05, 0.1) is 24.6 Å². The first-order chi connectivity index (χ1) is 11.0. The number of ether oxygens (including phenoxy) is 1. The summed E-state index contributed by atoms with van der Waals surface area (Å²) >= 11 is 5.87. The standard InChI is InChI=1S/C15H16ClFN4O2/c1-10-18-19-14-9-20(5-6-21(10)14)15(22)4-7-23-13-3-2-11(17)8-12(13)16/h2-3,8H,4-7,9H2,1H3. The molecule has 0 aliphatic carbocycles. The van der Waals surface area contributed by atoms with Crippen LogP contribution in [0.3, 0.4) is 0 Å². The fraction of sp³-hybridized carbons (Fsp3) is 0.400. The van der Waals surface area contributed by atoms with Crippen LogP contribution in [0.2, 0.25) is 5.02 Å². The predicted octanol–water partition coefficient (Wildman–Crippen LogP) is 2.19.